The van der Waals surface area contributed by atoms with E-state index < -0.39 is 18.2 Å². The first-order valence-corrected chi connectivity index (χ1v) is 13.2. The summed E-state index contributed by atoms with van der Waals surface area (Å²) in [6.07, 6.45) is 3.44. The SMILES string of the molecule is CC1(C)Oc2cnc(Nc3ccc(N4CCCCC4)cc3CCC(F)(F)F)nc2N(C2CCCC2)C1=O. The number of amides is 1. The van der Waals surface area contributed by atoms with Gasteiger partial charge in [-0.2, -0.15) is 18.2 Å². The third-order valence-electron chi connectivity index (χ3n) is 7.49. The Morgan fingerprint density at radius 3 is 2.54 bits per heavy atom. The van der Waals surface area contributed by atoms with E-state index in [9.17, 15) is 18.0 Å². The van der Waals surface area contributed by atoms with Crippen LogP contribution in [-0.4, -0.2) is 46.8 Å². The molecule has 1 saturated heterocycles. The summed E-state index contributed by atoms with van der Waals surface area (Å²) >= 11 is 0. The van der Waals surface area contributed by atoms with Crippen LogP contribution in [0.3, 0.4) is 0 Å². The van der Waals surface area contributed by atoms with E-state index >= 15 is 0 Å². The monoisotopic (exact) mass is 517 g/mol. The second kappa shape index (κ2) is 10.0. The summed E-state index contributed by atoms with van der Waals surface area (Å²) in [5, 5.41) is 3.13. The van der Waals surface area contributed by atoms with Gasteiger partial charge in [-0.15, -0.1) is 0 Å². The van der Waals surface area contributed by atoms with Gasteiger partial charge in [0.2, 0.25) is 5.95 Å². The molecule has 2 aliphatic heterocycles. The molecule has 10 heteroatoms. The highest BCUT2D eigenvalue weighted by Crippen LogP contribution is 2.41. The summed E-state index contributed by atoms with van der Waals surface area (Å²) in [6, 6.07) is 5.63. The molecule has 200 valence electrons. The normalized spacial score (nSPS) is 20.1. The van der Waals surface area contributed by atoms with E-state index in [-0.39, 0.29) is 24.3 Å². The molecule has 37 heavy (non-hydrogen) atoms. The van der Waals surface area contributed by atoms with Gasteiger partial charge < -0.3 is 15.0 Å². The number of nitrogens with zero attached hydrogens (tertiary/aromatic N) is 4. The average Bonchev–Trinajstić information content (AvgIpc) is 3.39. The topological polar surface area (TPSA) is 70.6 Å². The zero-order chi connectivity index (χ0) is 26.2. The van der Waals surface area contributed by atoms with E-state index in [2.05, 4.69) is 20.2 Å². The van der Waals surface area contributed by atoms with Gasteiger partial charge in [0.1, 0.15) is 0 Å². The van der Waals surface area contributed by atoms with Crippen LogP contribution in [0.25, 0.3) is 0 Å². The molecule has 0 bridgehead atoms. The van der Waals surface area contributed by atoms with Crippen molar-refractivity contribution < 1.29 is 22.7 Å². The van der Waals surface area contributed by atoms with Crippen LogP contribution >= 0.6 is 0 Å². The second-order valence-corrected chi connectivity index (χ2v) is 10.7. The fourth-order valence-electron chi connectivity index (χ4n) is 5.53. The summed E-state index contributed by atoms with van der Waals surface area (Å²) in [6.45, 7) is 5.29. The number of aryl methyl sites for hydroxylation is 1. The first kappa shape index (κ1) is 25.6. The minimum Gasteiger partial charge on any atom is -0.472 e. The number of hydrogen-bond acceptors (Lipinski definition) is 6. The largest absolute Gasteiger partial charge is 0.472 e. The Bertz CT molecular complexity index is 1140. The lowest BCUT2D eigenvalue weighted by molar-refractivity contribution is -0.134. The number of rotatable bonds is 6. The molecule has 7 nitrogen and oxygen atoms in total. The van der Waals surface area contributed by atoms with Gasteiger partial charge in [0, 0.05) is 36.9 Å². The minimum atomic E-state index is -4.26. The fourth-order valence-corrected chi connectivity index (χ4v) is 5.53. The van der Waals surface area contributed by atoms with Crippen LogP contribution in [0.5, 0.6) is 5.75 Å². The molecular weight excluding hydrogens is 483 g/mol. The Balaban J connectivity index is 1.45. The standard InChI is InChI=1S/C27H34F3N5O2/c1-26(2)24(36)35(19-8-4-5-9-19)23-22(37-26)17-31-25(33-23)32-21-11-10-20(34-14-6-3-7-15-34)16-18(21)12-13-27(28,29)30/h10-11,16-17,19H,3-9,12-15H2,1-2H3,(H,31,32,33). The summed E-state index contributed by atoms with van der Waals surface area (Å²) in [5.74, 6) is 0.917. The Morgan fingerprint density at radius 2 is 1.84 bits per heavy atom. The Kier molecular flexibility index (Phi) is 6.93. The predicted octanol–water partition coefficient (Wildman–Crippen LogP) is 6.15. The van der Waals surface area contributed by atoms with Crippen LogP contribution in [0.4, 0.5) is 36.3 Å². The molecule has 3 heterocycles. The summed E-state index contributed by atoms with van der Waals surface area (Å²) in [5.41, 5.74) is 0.995. The van der Waals surface area contributed by atoms with Gasteiger partial charge in [-0.1, -0.05) is 12.8 Å². The molecule has 0 unspecified atom stereocenters. The molecule has 5 rings (SSSR count). The summed E-state index contributed by atoms with van der Waals surface area (Å²) < 4.78 is 45.3. The van der Waals surface area contributed by atoms with Crippen molar-refractivity contribution in [1.82, 2.24) is 9.97 Å². The number of alkyl halides is 3. The van der Waals surface area contributed by atoms with Gasteiger partial charge in [-0.25, -0.2) is 4.98 Å². The average molecular weight is 518 g/mol. The molecule has 1 aliphatic carbocycles. The van der Waals surface area contributed by atoms with Crippen molar-refractivity contribution in [1.29, 1.82) is 0 Å². The summed E-state index contributed by atoms with van der Waals surface area (Å²) in [7, 11) is 0. The van der Waals surface area contributed by atoms with E-state index in [1.54, 1.807) is 24.8 Å². The first-order chi connectivity index (χ1) is 17.6. The van der Waals surface area contributed by atoms with E-state index in [1.807, 2.05) is 12.1 Å². The lowest BCUT2D eigenvalue weighted by Gasteiger charge is -2.40. The number of hydrogen-bond donors (Lipinski definition) is 1. The van der Waals surface area contributed by atoms with Crippen LogP contribution in [0.2, 0.25) is 0 Å². The highest BCUT2D eigenvalue weighted by Gasteiger charge is 2.45. The van der Waals surface area contributed by atoms with Gasteiger partial charge in [-0.05, 0) is 76.1 Å². The molecule has 2 fully saturated rings. The molecule has 1 amide bonds. The van der Waals surface area contributed by atoms with Crippen LogP contribution in [0, 0.1) is 0 Å². The van der Waals surface area contributed by atoms with Crippen molar-refractivity contribution in [3.8, 4) is 5.75 Å². The van der Waals surface area contributed by atoms with Crippen molar-refractivity contribution in [2.24, 2.45) is 0 Å². The Hall–Kier alpha value is -3.04. The van der Waals surface area contributed by atoms with E-state index in [0.717, 1.165) is 57.3 Å². The molecule has 1 aromatic heterocycles. The smallest absolute Gasteiger partial charge is 0.389 e. The number of anilines is 4. The second-order valence-electron chi connectivity index (χ2n) is 10.7. The molecule has 1 saturated carbocycles. The fraction of sp³-hybridized carbons (Fsp3) is 0.593. The van der Waals surface area contributed by atoms with Gasteiger partial charge in [0.15, 0.2) is 17.2 Å². The zero-order valence-electron chi connectivity index (χ0n) is 21.4. The number of carbonyl (C=O) groups excluding carboxylic acids is 1. The van der Waals surface area contributed by atoms with E-state index in [0.29, 0.717) is 22.8 Å². The molecular formula is C27H34F3N5O2. The summed E-state index contributed by atoms with van der Waals surface area (Å²) in [4.78, 5) is 26.3. The molecule has 3 aliphatic rings. The zero-order valence-corrected chi connectivity index (χ0v) is 21.4. The molecule has 1 aromatic carbocycles. The van der Waals surface area contributed by atoms with Gasteiger partial charge in [-0.3, -0.25) is 9.69 Å². The molecule has 0 atom stereocenters. The number of carbonyl (C=O) groups is 1. The maximum atomic E-state index is 13.3. The van der Waals surface area contributed by atoms with Gasteiger partial charge in [0.25, 0.3) is 5.91 Å². The molecule has 0 radical (unpaired) electrons. The number of ether oxygens (including phenoxy) is 1. The first-order valence-electron chi connectivity index (χ1n) is 13.2. The third-order valence-corrected chi connectivity index (χ3v) is 7.49. The molecule has 0 spiro atoms. The highest BCUT2D eigenvalue weighted by molar-refractivity contribution is 6.02. The number of fused-ring (bicyclic) bond motifs is 1. The number of benzene rings is 1. The molecule has 2 aromatic rings. The van der Waals surface area contributed by atoms with E-state index in [1.165, 1.54) is 12.6 Å². The van der Waals surface area contributed by atoms with Crippen LogP contribution < -0.4 is 19.9 Å². The number of piperidine rings is 1. The minimum absolute atomic E-state index is 0.0448. The Morgan fingerprint density at radius 1 is 1.11 bits per heavy atom. The van der Waals surface area contributed by atoms with E-state index in [4.69, 9.17) is 4.74 Å². The maximum Gasteiger partial charge on any atom is 0.389 e. The van der Waals surface area contributed by atoms with Crippen molar-refractivity contribution >= 4 is 29.0 Å². The van der Waals surface area contributed by atoms with Gasteiger partial charge in [0.05, 0.1) is 6.20 Å². The number of aromatic nitrogens is 2. The number of nitrogens with one attached hydrogen (secondary N) is 1. The predicted molar refractivity (Wildman–Crippen MR) is 137 cm³/mol. The van der Waals surface area contributed by atoms with Crippen LogP contribution in [-0.2, 0) is 11.2 Å². The van der Waals surface area contributed by atoms with Crippen molar-refractivity contribution in [3.63, 3.8) is 0 Å². The highest BCUT2D eigenvalue weighted by atomic mass is 19.4. The van der Waals surface area contributed by atoms with Crippen LogP contribution in [0.1, 0.15) is 70.8 Å². The van der Waals surface area contributed by atoms with Crippen molar-refractivity contribution in [3.05, 3.63) is 30.0 Å². The van der Waals surface area contributed by atoms with Crippen LogP contribution in [0.15, 0.2) is 24.4 Å². The lowest BCUT2D eigenvalue weighted by atomic mass is 10.0. The number of halogens is 3. The maximum absolute atomic E-state index is 13.3. The lowest BCUT2D eigenvalue weighted by Crippen LogP contribution is -2.55. The van der Waals surface area contributed by atoms with Gasteiger partial charge >= 0.3 is 6.18 Å². The van der Waals surface area contributed by atoms with Crippen molar-refractivity contribution in [2.45, 2.75) is 89.5 Å². The third kappa shape index (κ3) is 5.62. The molecule has 1 N–H and O–H groups in total. The quantitative estimate of drug-likeness (QED) is 0.496. The van der Waals surface area contributed by atoms with Crippen molar-refractivity contribution in [2.75, 3.05) is 28.2 Å². The Labute approximate surface area is 215 Å².